The van der Waals surface area contributed by atoms with Crippen molar-refractivity contribution in [2.45, 2.75) is 0 Å². The van der Waals surface area contributed by atoms with Crippen LogP contribution in [0.4, 0.5) is 17.6 Å². The van der Waals surface area contributed by atoms with Gasteiger partial charge in [0.15, 0.2) is 0 Å². The van der Waals surface area contributed by atoms with E-state index in [0.717, 1.165) is 11.1 Å². The van der Waals surface area contributed by atoms with Crippen LogP contribution in [0.5, 0.6) is 0 Å². The molecule has 0 amide bonds. The number of hydrogen-bond donors (Lipinski definition) is 2. The van der Waals surface area contributed by atoms with Gasteiger partial charge in [0.2, 0.25) is 17.2 Å². The molecular formula is C13H10ClN5. The summed E-state index contributed by atoms with van der Waals surface area (Å²) in [6.45, 7) is 0. The lowest BCUT2D eigenvalue weighted by atomic mass is 10.1. The minimum atomic E-state index is 0.0655. The maximum atomic E-state index is 5.73. The standard InChI is InChI=1S/C13H10ClN5/c14-11-17-12(15)19-13(18-11)16-10-6-5-8-3-1-2-4-9(8)7-10/h1-7H,(H3,15,16,17,18,19). The Kier molecular flexibility index (Phi) is 2.89. The van der Waals surface area contributed by atoms with Crippen LogP contribution in [0.25, 0.3) is 10.8 Å². The fraction of sp³-hybridized carbons (Fsp3) is 0. The SMILES string of the molecule is Nc1nc(Cl)nc(Nc2ccc3ccccc3c2)n1. The molecule has 1 aromatic heterocycles. The molecule has 19 heavy (non-hydrogen) atoms. The van der Waals surface area contributed by atoms with Gasteiger partial charge in [0.05, 0.1) is 0 Å². The van der Waals surface area contributed by atoms with Crippen LogP contribution in [-0.2, 0) is 0 Å². The normalized spacial score (nSPS) is 10.6. The predicted octanol–water partition coefficient (Wildman–Crippen LogP) is 3.00. The van der Waals surface area contributed by atoms with Gasteiger partial charge in [0.1, 0.15) is 0 Å². The Bertz CT molecular complexity index is 724. The van der Waals surface area contributed by atoms with Crippen LogP contribution in [0.2, 0.25) is 5.28 Å². The van der Waals surface area contributed by atoms with Gasteiger partial charge in [-0.3, -0.25) is 0 Å². The monoisotopic (exact) mass is 271 g/mol. The number of nitrogens with one attached hydrogen (secondary N) is 1. The van der Waals surface area contributed by atoms with Crippen molar-refractivity contribution in [2.24, 2.45) is 0 Å². The first-order valence-corrected chi connectivity index (χ1v) is 6.01. The number of benzene rings is 2. The molecular weight excluding hydrogens is 262 g/mol. The second-order valence-corrected chi connectivity index (χ2v) is 4.31. The van der Waals surface area contributed by atoms with Gasteiger partial charge in [0, 0.05) is 5.69 Å². The highest BCUT2D eigenvalue weighted by atomic mass is 35.5. The highest BCUT2D eigenvalue weighted by Gasteiger charge is 2.03. The fourth-order valence-electron chi connectivity index (χ4n) is 1.82. The zero-order chi connectivity index (χ0) is 13.2. The minimum Gasteiger partial charge on any atom is -0.368 e. The maximum Gasteiger partial charge on any atom is 0.233 e. The molecule has 0 unspecified atom stereocenters. The number of nitrogens with two attached hydrogens (primary N) is 1. The zero-order valence-corrected chi connectivity index (χ0v) is 10.6. The van der Waals surface area contributed by atoms with Gasteiger partial charge in [-0.25, -0.2) is 0 Å². The molecule has 1 heterocycles. The van der Waals surface area contributed by atoms with Crippen molar-refractivity contribution in [3.63, 3.8) is 0 Å². The molecule has 94 valence electrons. The van der Waals surface area contributed by atoms with Crippen molar-refractivity contribution in [3.8, 4) is 0 Å². The minimum absolute atomic E-state index is 0.0655. The van der Waals surface area contributed by atoms with E-state index >= 15 is 0 Å². The van der Waals surface area contributed by atoms with E-state index < -0.39 is 0 Å². The Balaban J connectivity index is 1.96. The highest BCUT2D eigenvalue weighted by Crippen LogP contribution is 2.21. The van der Waals surface area contributed by atoms with Gasteiger partial charge in [-0.1, -0.05) is 30.3 Å². The molecule has 0 aliphatic rings. The van der Waals surface area contributed by atoms with Crippen molar-refractivity contribution in [2.75, 3.05) is 11.1 Å². The third kappa shape index (κ3) is 2.56. The number of hydrogen-bond acceptors (Lipinski definition) is 5. The average Bonchev–Trinajstić information content (AvgIpc) is 2.37. The van der Waals surface area contributed by atoms with Crippen LogP contribution in [0.15, 0.2) is 42.5 Å². The van der Waals surface area contributed by atoms with Gasteiger partial charge < -0.3 is 11.1 Å². The number of aromatic nitrogens is 3. The summed E-state index contributed by atoms with van der Waals surface area (Å²) >= 11 is 5.73. The number of rotatable bonds is 2. The van der Waals surface area contributed by atoms with Gasteiger partial charge in [-0.15, -0.1) is 0 Å². The van der Waals surface area contributed by atoms with Crippen LogP contribution >= 0.6 is 11.6 Å². The van der Waals surface area contributed by atoms with Crippen LogP contribution in [0.3, 0.4) is 0 Å². The van der Waals surface area contributed by atoms with Gasteiger partial charge in [-0.2, -0.15) is 15.0 Å². The summed E-state index contributed by atoms with van der Waals surface area (Å²) in [5.41, 5.74) is 6.38. The zero-order valence-electron chi connectivity index (χ0n) is 9.84. The molecule has 3 aromatic rings. The van der Waals surface area contributed by atoms with Crippen molar-refractivity contribution in [1.82, 2.24) is 15.0 Å². The molecule has 3 N–H and O–H groups in total. The molecule has 3 rings (SSSR count). The number of nitrogens with zero attached hydrogens (tertiary/aromatic N) is 3. The number of fused-ring (bicyclic) bond motifs is 1. The summed E-state index contributed by atoms with van der Waals surface area (Å²) < 4.78 is 0. The Labute approximate surface area is 114 Å². The van der Waals surface area contributed by atoms with Gasteiger partial charge in [0.25, 0.3) is 0 Å². The average molecular weight is 272 g/mol. The summed E-state index contributed by atoms with van der Waals surface area (Å²) in [7, 11) is 0. The number of nitrogen functional groups attached to an aromatic ring is 1. The summed E-state index contributed by atoms with van der Waals surface area (Å²) in [5.74, 6) is 0.413. The van der Waals surface area contributed by atoms with E-state index in [-0.39, 0.29) is 11.2 Å². The molecule has 6 heteroatoms. The largest absolute Gasteiger partial charge is 0.368 e. The summed E-state index contributed by atoms with van der Waals surface area (Å²) in [6.07, 6.45) is 0. The predicted molar refractivity (Wildman–Crippen MR) is 76.5 cm³/mol. The Morgan fingerprint density at radius 3 is 2.53 bits per heavy atom. The summed E-state index contributed by atoms with van der Waals surface area (Å²) in [6, 6.07) is 14.0. The Morgan fingerprint density at radius 2 is 1.74 bits per heavy atom. The molecule has 0 aliphatic heterocycles. The van der Waals surface area contributed by atoms with E-state index in [1.165, 1.54) is 5.39 Å². The first-order chi connectivity index (χ1) is 9.20. The molecule has 2 aromatic carbocycles. The van der Waals surface area contributed by atoms with Gasteiger partial charge >= 0.3 is 0 Å². The lowest BCUT2D eigenvalue weighted by Gasteiger charge is -2.06. The van der Waals surface area contributed by atoms with E-state index in [1.807, 2.05) is 36.4 Å². The molecule has 5 nitrogen and oxygen atoms in total. The summed E-state index contributed by atoms with van der Waals surface area (Å²) in [5, 5.41) is 5.41. The Hall–Kier alpha value is -2.40. The van der Waals surface area contributed by atoms with E-state index in [4.69, 9.17) is 17.3 Å². The maximum absolute atomic E-state index is 5.73. The highest BCUT2D eigenvalue weighted by molar-refractivity contribution is 6.28. The molecule has 0 spiro atoms. The van der Waals surface area contributed by atoms with Crippen molar-refractivity contribution < 1.29 is 0 Å². The first-order valence-electron chi connectivity index (χ1n) is 5.63. The van der Waals surface area contributed by atoms with E-state index in [1.54, 1.807) is 0 Å². The lowest BCUT2D eigenvalue weighted by Crippen LogP contribution is -2.03. The van der Waals surface area contributed by atoms with E-state index in [2.05, 4.69) is 26.3 Å². The van der Waals surface area contributed by atoms with Crippen LogP contribution < -0.4 is 11.1 Å². The third-order valence-electron chi connectivity index (χ3n) is 2.63. The van der Waals surface area contributed by atoms with Crippen molar-refractivity contribution in [3.05, 3.63) is 47.7 Å². The number of anilines is 3. The van der Waals surface area contributed by atoms with Crippen molar-refractivity contribution in [1.29, 1.82) is 0 Å². The van der Waals surface area contributed by atoms with Crippen LogP contribution in [0.1, 0.15) is 0 Å². The van der Waals surface area contributed by atoms with E-state index in [9.17, 15) is 0 Å². The third-order valence-corrected chi connectivity index (χ3v) is 2.80. The lowest BCUT2D eigenvalue weighted by molar-refractivity contribution is 1.07. The smallest absolute Gasteiger partial charge is 0.233 e. The molecule has 0 bridgehead atoms. The summed E-state index contributed by atoms with van der Waals surface area (Å²) in [4.78, 5) is 11.6. The first kappa shape index (κ1) is 11.7. The molecule has 0 saturated heterocycles. The second kappa shape index (κ2) is 4.70. The molecule has 0 radical (unpaired) electrons. The quantitative estimate of drug-likeness (QED) is 0.749. The van der Waals surface area contributed by atoms with Crippen LogP contribution in [0, 0.1) is 0 Å². The topological polar surface area (TPSA) is 76.7 Å². The van der Waals surface area contributed by atoms with Crippen molar-refractivity contribution >= 4 is 40.0 Å². The van der Waals surface area contributed by atoms with Crippen LogP contribution in [-0.4, -0.2) is 15.0 Å². The number of halogens is 1. The molecule has 0 atom stereocenters. The fourth-order valence-corrected chi connectivity index (χ4v) is 1.98. The van der Waals surface area contributed by atoms with E-state index in [0.29, 0.717) is 5.95 Å². The Morgan fingerprint density at radius 1 is 0.947 bits per heavy atom. The molecule has 0 fully saturated rings. The molecule has 0 saturated carbocycles. The van der Waals surface area contributed by atoms with Gasteiger partial charge in [-0.05, 0) is 34.5 Å². The second-order valence-electron chi connectivity index (χ2n) is 3.97. The molecule has 0 aliphatic carbocycles.